The number of thioether (sulfide) groups is 1. The Labute approximate surface area is 94.0 Å². The van der Waals surface area contributed by atoms with Gasteiger partial charge in [-0.15, -0.1) is 11.8 Å². The lowest BCUT2D eigenvalue weighted by molar-refractivity contribution is 0.0527. The van der Waals surface area contributed by atoms with Crippen molar-refractivity contribution in [1.29, 1.82) is 0 Å². The maximum atomic E-state index is 11.4. The summed E-state index contributed by atoms with van der Waals surface area (Å²) in [5, 5.41) is 0. The van der Waals surface area contributed by atoms with Crippen LogP contribution >= 0.6 is 11.8 Å². The van der Waals surface area contributed by atoms with Crippen LogP contribution < -0.4 is 5.73 Å². The molecule has 0 unspecified atom stereocenters. The van der Waals surface area contributed by atoms with Crippen molar-refractivity contribution in [3.8, 4) is 0 Å². The quantitative estimate of drug-likeness (QED) is 0.486. The molecule has 0 aliphatic rings. The molecule has 0 spiro atoms. The minimum absolute atomic E-state index is 0.358. The third kappa shape index (κ3) is 3.16. The molecule has 0 saturated heterocycles. The third-order valence-corrected chi connectivity index (χ3v) is 2.71. The van der Waals surface area contributed by atoms with Crippen LogP contribution in [0.1, 0.15) is 24.2 Å². The van der Waals surface area contributed by atoms with Crippen molar-refractivity contribution < 1.29 is 9.53 Å². The van der Waals surface area contributed by atoms with E-state index in [1.54, 1.807) is 30.8 Å². The lowest BCUT2D eigenvalue weighted by Gasteiger charge is -2.06. The first-order valence-electron chi connectivity index (χ1n) is 4.88. The molecule has 0 fully saturated rings. The van der Waals surface area contributed by atoms with Crippen molar-refractivity contribution in [3.63, 3.8) is 0 Å². The molecule has 0 aliphatic heterocycles. The Bertz CT molecular complexity index is 352. The van der Waals surface area contributed by atoms with Gasteiger partial charge in [-0.2, -0.15) is 0 Å². The summed E-state index contributed by atoms with van der Waals surface area (Å²) in [4.78, 5) is 12.5. The molecule has 4 heteroatoms. The summed E-state index contributed by atoms with van der Waals surface area (Å²) in [5.41, 5.74) is 6.69. The van der Waals surface area contributed by atoms with Gasteiger partial charge in [0.2, 0.25) is 0 Å². The van der Waals surface area contributed by atoms with Gasteiger partial charge in [-0.25, -0.2) is 4.79 Å². The lowest BCUT2D eigenvalue weighted by atomic mass is 10.2. The van der Waals surface area contributed by atoms with Crippen LogP contribution in [0.3, 0.4) is 0 Å². The SMILES string of the molecule is CCOC(=O)c1ccc(SCC)cc1N. The maximum Gasteiger partial charge on any atom is 0.340 e. The highest BCUT2D eigenvalue weighted by Gasteiger charge is 2.10. The number of rotatable bonds is 4. The molecule has 0 bridgehead atoms. The summed E-state index contributed by atoms with van der Waals surface area (Å²) in [6.45, 7) is 4.21. The van der Waals surface area contributed by atoms with Gasteiger partial charge in [0.05, 0.1) is 12.2 Å². The van der Waals surface area contributed by atoms with E-state index in [4.69, 9.17) is 10.5 Å². The van der Waals surface area contributed by atoms with Gasteiger partial charge in [0.15, 0.2) is 0 Å². The first-order valence-corrected chi connectivity index (χ1v) is 5.87. The average Bonchev–Trinajstić information content (AvgIpc) is 2.18. The van der Waals surface area contributed by atoms with Gasteiger partial charge >= 0.3 is 5.97 Å². The molecule has 0 radical (unpaired) electrons. The Balaban J connectivity index is 2.87. The van der Waals surface area contributed by atoms with Gasteiger partial charge in [-0.3, -0.25) is 0 Å². The molecule has 0 atom stereocenters. The van der Waals surface area contributed by atoms with Gasteiger partial charge in [0.1, 0.15) is 0 Å². The molecule has 15 heavy (non-hydrogen) atoms. The fourth-order valence-corrected chi connectivity index (χ4v) is 1.90. The van der Waals surface area contributed by atoms with E-state index < -0.39 is 0 Å². The van der Waals surface area contributed by atoms with Crippen LogP contribution in [0, 0.1) is 0 Å². The molecule has 82 valence electrons. The Morgan fingerprint density at radius 2 is 2.20 bits per heavy atom. The minimum Gasteiger partial charge on any atom is -0.462 e. The number of benzene rings is 1. The van der Waals surface area contributed by atoms with Crippen LogP contribution in [0.25, 0.3) is 0 Å². The molecular formula is C11H15NO2S. The zero-order chi connectivity index (χ0) is 11.3. The van der Waals surface area contributed by atoms with E-state index in [9.17, 15) is 4.79 Å². The molecule has 2 N–H and O–H groups in total. The maximum absolute atomic E-state index is 11.4. The monoisotopic (exact) mass is 225 g/mol. The van der Waals surface area contributed by atoms with E-state index in [2.05, 4.69) is 6.92 Å². The highest BCUT2D eigenvalue weighted by molar-refractivity contribution is 7.99. The minimum atomic E-state index is -0.358. The smallest absolute Gasteiger partial charge is 0.340 e. The first-order chi connectivity index (χ1) is 7.19. The molecule has 0 heterocycles. The predicted molar refractivity (Wildman–Crippen MR) is 63.2 cm³/mol. The fraction of sp³-hybridized carbons (Fsp3) is 0.364. The second kappa shape index (κ2) is 5.66. The summed E-state index contributed by atoms with van der Waals surface area (Å²) in [7, 11) is 0. The number of hydrogen-bond donors (Lipinski definition) is 1. The molecular weight excluding hydrogens is 210 g/mol. The largest absolute Gasteiger partial charge is 0.462 e. The topological polar surface area (TPSA) is 52.3 Å². The predicted octanol–water partition coefficient (Wildman–Crippen LogP) is 2.56. The number of anilines is 1. The van der Waals surface area contributed by atoms with E-state index in [-0.39, 0.29) is 5.97 Å². The molecule has 0 amide bonds. The van der Waals surface area contributed by atoms with Crippen molar-refractivity contribution in [2.75, 3.05) is 18.1 Å². The number of ether oxygens (including phenoxy) is 1. The highest BCUT2D eigenvalue weighted by atomic mass is 32.2. The zero-order valence-corrected chi connectivity index (χ0v) is 9.76. The lowest BCUT2D eigenvalue weighted by Crippen LogP contribution is -2.07. The molecule has 3 nitrogen and oxygen atoms in total. The van der Waals surface area contributed by atoms with Crippen LogP contribution in [0.15, 0.2) is 23.1 Å². The standard InChI is InChI=1S/C11H15NO2S/c1-3-14-11(13)9-6-5-8(15-4-2)7-10(9)12/h5-7H,3-4,12H2,1-2H3. The van der Waals surface area contributed by atoms with Crippen molar-refractivity contribution in [1.82, 2.24) is 0 Å². The van der Waals surface area contributed by atoms with Crippen LogP contribution in [0.5, 0.6) is 0 Å². The Morgan fingerprint density at radius 3 is 2.73 bits per heavy atom. The van der Waals surface area contributed by atoms with E-state index in [1.165, 1.54) is 0 Å². The Hall–Kier alpha value is -1.16. The van der Waals surface area contributed by atoms with Crippen LogP contribution in [0.2, 0.25) is 0 Å². The third-order valence-electron chi connectivity index (χ3n) is 1.83. The number of hydrogen-bond acceptors (Lipinski definition) is 4. The summed E-state index contributed by atoms with van der Waals surface area (Å²) in [5.74, 6) is 0.626. The summed E-state index contributed by atoms with van der Waals surface area (Å²) in [6, 6.07) is 5.41. The number of carbonyl (C=O) groups excluding carboxylic acids is 1. The van der Waals surface area contributed by atoms with E-state index in [0.29, 0.717) is 17.9 Å². The normalized spacial score (nSPS) is 10.0. The number of nitrogens with two attached hydrogens (primary N) is 1. The van der Waals surface area contributed by atoms with Gasteiger partial charge in [-0.1, -0.05) is 6.92 Å². The van der Waals surface area contributed by atoms with Gasteiger partial charge in [0.25, 0.3) is 0 Å². The van der Waals surface area contributed by atoms with Crippen molar-refractivity contribution in [3.05, 3.63) is 23.8 Å². The van der Waals surface area contributed by atoms with E-state index in [0.717, 1.165) is 10.6 Å². The molecule has 0 aromatic heterocycles. The molecule has 1 aromatic carbocycles. The molecule has 1 rings (SSSR count). The number of esters is 1. The zero-order valence-electron chi connectivity index (χ0n) is 8.95. The van der Waals surface area contributed by atoms with Crippen molar-refractivity contribution in [2.45, 2.75) is 18.7 Å². The Kier molecular flexibility index (Phi) is 4.49. The average molecular weight is 225 g/mol. The van der Waals surface area contributed by atoms with E-state index >= 15 is 0 Å². The second-order valence-electron chi connectivity index (χ2n) is 2.90. The highest BCUT2D eigenvalue weighted by Crippen LogP contribution is 2.23. The molecule has 0 aliphatic carbocycles. The first kappa shape index (κ1) is 11.9. The second-order valence-corrected chi connectivity index (χ2v) is 4.24. The van der Waals surface area contributed by atoms with Crippen LogP contribution in [0.4, 0.5) is 5.69 Å². The van der Waals surface area contributed by atoms with E-state index in [1.807, 2.05) is 6.07 Å². The van der Waals surface area contributed by atoms with Crippen LogP contribution in [-0.2, 0) is 4.74 Å². The number of nitrogen functional groups attached to an aromatic ring is 1. The van der Waals surface area contributed by atoms with Gasteiger partial charge in [-0.05, 0) is 30.9 Å². The molecule has 0 saturated carbocycles. The van der Waals surface area contributed by atoms with Gasteiger partial charge in [0, 0.05) is 10.6 Å². The Morgan fingerprint density at radius 1 is 1.47 bits per heavy atom. The summed E-state index contributed by atoms with van der Waals surface area (Å²) in [6.07, 6.45) is 0. The number of carbonyl (C=O) groups is 1. The van der Waals surface area contributed by atoms with Gasteiger partial charge < -0.3 is 10.5 Å². The fourth-order valence-electron chi connectivity index (χ4n) is 1.19. The van der Waals surface area contributed by atoms with Crippen molar-refractivity contribution >= 4 is 23.4 Å². The molecule has 1 aromatic rings. The van der Waals surface area contributed by atoms with Crippen molar-refractivity contribution in [2.24, 2.45) is 0 Å². The van der Waals surface area contributed by atoms with Crippen LogP contribution in [-0.4, -0.2) is 18.3 Å². The summed E-state index contributed by atoms with van der Waals surface area (Å²) >= 11 is 1.69. The summed E-state index contributed by atoms with van der Waals surface area (Å²) < 4.78 is 4.88.